The fourth-order valence-corrected chi connectivity index (χ4v) is 3.09. The Bertz CT molecular complexity index is 658. The first-order valence-corrected chi connectivity index (χ1v) is 7.74. The van der Waals surface area contributed by atoms with E-state index >= 15 is 0 Å². The van der Waals surface area contributed by atoms with Gasteiger partial charge in [-0.3, -0.25) is 4.79 Å². The van der Waals surface area contributed by atoms with Gasteiger partial charge in [-0.15, -0.1) is 0 Å². The number of hydrogen-bond donors (Lipinski definition) is 1. The average molecular weight is 295 g/mol. The van der Waals surface area contributed by atoms with E-state index in [4.69, 9.17) is 5.73 Å². The van der Waals surface area contributed by atoms with Crippen LogP contribution in [0.1, 0.15) is 46.6 Å². The van der Waals surface area contributed by atoms with Gasteiger partial charge in [0.05, 0.1) is 12.1 Å². The molecule has 2 N–H and O–H groups in total. The predicted octanol–water partition coefficient (Wildman–Crippen LogP) is 2.59. The standard InChI is InChI=1S/C18H21N3O/c1-13-3-5-15(6-4-13)18(7-2-8-18)9-17-20-11-14(12-21-17)16(22)10-19/h3-6,11-12H,2,7-10,19H2,1H3. The largest absolute Gasteiger partial charge is 0.324 e. The van der Waals surface area contributed by atoms with E-state index in [9.17, 15) is 4.79 Å². The smallest absolute Gasteiger partial charge is 0.179 e. The molecular weight excluding hydrogens is 274 g/mol. The van der Waals surface area contributed by atoms with Gasteiger partial charge in [0.25, 0.3) is 0 Å². The van der Waals surface area contributed by atoms with Gasteiger partial charge in [0, 0.05) is 24.2 Å². The third-order valence-electron chi connectivity index (χ3n) is 4.68. The van der Waals surface area contributed by atoms with Crippen LogP contribution < -0.4 is 5.73 Å². The molecule has 0 atom stereocenters. The van der Waals surface area contributed by atoms with Crippen molar-refractivity contribution in [2.45, 2.75) is 38.0 Å². The summed E-state index contributed by atoms with van der Waals surface area (Å²) in [4.78, 5) is 20.3. The lowest BCUT2D eigenvalue weighted by atomic mass is 9.62. The van der Waals surface area contributed by atoms with Gasteiger partial charge in [-0.1, -0.05) is 36.2 Å². The SMILES string of the molecule is Cc1ccc(C2(Cc3ncc(C(=O)CN)cn3)CCC2)cc1. The summed E-state index contributed by atoms with van der Waals surface area (Å²) in [6, 6.07) is 8.78. The Hall–Kier alpha value is -2.07. The molecule has 2 aromatic rings. The topological polar surface area (TPSA) is 68.9 Å². The number of hydrogen-bond acceptors (Lipinski definition) is 4. The molecule has 3 rings (SSSR count). The number of ketones is 1. The summed E-state index contributed by atoms with van der Waals surface area (Å²) in [5.41, 5.74) is 8.65. The molecule has 22 heavy (non-hydrogen) atoms. The molecule has 1 fully saturated rings. The highest BCUT2D eigenvalue weighted by Crippen LogP contribution is 2.45. The second-order valence-corrected chi connectivity index (χ2v) is 6.19. The molecule has 1 heterocycles. The number of carbonyl (C=O) groups excluding carboxylic acids is 1. The summed E-state index contributed by atoms with van der Waals surface area (Å²) < 4.78 is 0. The van der Waals surface area contributed by atoms with Crippen LogP contribution in [0.4, 0.5) is 0 Å². The van der Waals surface area contributed by atoms with Gasteiger partial charge < -0.3 is 5.73 Å². The van der Waals surface area contributed by atoms with Crippen LogP contribution in [0.15, 0.2) is 36.7 Å². The number of nitrogens with two attached hydrogens (primary N) is 1. The van der Waals surface area contributed by atoms with Crippen molar-refractivity contribution in [1.29, 1.82) is 0 Å². The predicted molar refractivity (Wildman–Crippen MR) is 85.8 cm³/mol. The van der Waals surface area contributed by atoms with Crippen LogP contribution in [-0.4, -0.2) is 22.3 Å². The van der Waals surface area contributed by atoms with Crippen LogP contribution >= 0.6 is 0 Å². The van der Waals surface area contributed by atoms with E-state index in [0.717, 1.165) is 12.2 Å². The molecule has 4 heteroatoms. The lowest BCUT2D eigenvalue weighted by Gasteiger charge is -2.42. The third-order valence-corrected chi connectivity index (χ3v) is 4.68. The highest BCUT2D eigenvalue weighted by molar-refractivity contribution is 5.96. The van der Waals surface area contributed by atoms with Crippen molar-refractivity contribution in [3.05, 3.63) is 59.2 Å². The van der Waals surface area contributed by atoms with Gasteiger partial charge in [-0.2, -0.15) is 0 Å². The van der Waals surface area contributed by atoms with Crippen LogP contribution in [0.5, 0.6) is 0 Å². The van der Waals surface area contributed by atoms with E-state index in [1.54, 1.807) is 12.4 Å². The van der Waals surface area contributed by atoms with Crippen molar-refractivity contribution in [2.75, 3.05) is 6.54 Å². The fourth-order valence-electron chi connectivity index (χ4n) is 3.09. The highest BCUT2D eigenvalue weighted by atomic mass is 16.1. The zero-order valence-electron chi connectivity index (χ0n) is 12.9. The first-order chi connectivity index (χ1) is 10.6. The second kappa shape index (κ2) is 5.97. The molecule has 0 saturated heterocycles. The molecule has 0 spiro atoms. The summed E-state index contributed by atoms with van der Waals surface area (Å²) in [6.07, 6.45) is 7.61. The van der Waals surface area contributed by atoms with E-state index in [1.807, 2.05) is 0 Å². The van der Waals surface area contributed by atoms with Crippen molar-refractivity contribution >= 4 is 5.78 Å². The van der Waals surface area contributed by atoms with Gasteiger partial charge in [0.15, 0.2) is 5.78 Å². The Kier molecular flexibility index (Phi) is 4.03. The van der Waals surface area contributed by atoms with Crippen molar-refractivity contribution in [3.8, 4) is 0 Å². The van der Waals surface area contributed by atoms with Crippen LogP contribution in [-0.2, 0) is 11.8 Å². The first-order valence-electron chi connectivity index (χ1n) is 7.74. The Morgan fingerprint density at radius 3 is 2.32 bits per heavy atom. The number of Topliss-reactive ketones (excluding diaryl/α,β-unsaturated/α-hetero) is 1. The van der Waals surface area contributed by atoms with E-state index in [2.05, 4.69) is 41.2 Å². The zero-order chi connectivity index (χ0) is 15.6. The molecule has 0 unspecified atom stereocenters. The number of aromatic nitrogens is 2. The Morgan fingerprint density at radius 2 is 1.82 bits per heavy atom. The fraction of sp³-hybridized carbons (Fsp3) is 0.389. The summed E-state index contributed by atoms with van der Waals surface area (Å²) in [7, 11) is 0. The van der Waals surface area contributed by atoms with Crippen molar-refractivity contribution < 1.29 is 4.79 Å². The van der Waals surface area contributed by atoms with Crippen LogP contribution in [0.25, 0.3) is 0 Å². The monoisotopic (exact) mass is 295 g/mol. The number of rotatable bonds is 5. The van der Waals surface area contributed by atoms with Crippen LogP contribution in [0.3, 0.4) is 0 Å². The first kappa shape index (κ1) is 14.9. The molecule has 0 amide bonds. The summed E-state index contributed by atoms with van der Waals surface area (Å²) in [5.74, 6) is 0.678. The molecule has 1 saturated carbocycles. The van der Waals surface area contributed by atoms with E-state index in [0.29, 0.717) is 5.56 Å². The molecule has 114 valence electrons. The van der Waals surface area contributed by atoms with E-state index in [1.165, 1.54) is 30.4 Å². The van der Waals surface area contributed by atoms with Crippen molar-refractivity contribution in [1.82, 2.24) is 9.97 Å². The van der Waals surface area contributed by atoms with Crippen molar-refractivity contribution in [3.63, 3.8) is 0 Å². The lowest BCUT2D eigenvalue weighted by molar-refractivity contribution is 0.100. The molecule has 1 aromatic carbocycles. The number of benzene rings is 1. The maximum atomic E-state index is 11.5. The van der Waals surface area contributed by atoms with Gasteiger partial charge in [0.1, 0.15) is 5.82 Å². The highest BCUT2D eigenvalue weighted by Gasteiger charge is 2.39. The summed E-state index contributed by atoms with van der Waals surface area (Å²) in [6.45, 7) is 2.10. The normalized spacial score (nSPS) is 16.1. The molecule has 1 aromatic heterocycles. The molecule has 0 radical (unpaired) electrons. The minimum atomic E-state index is -0.122. The van der Waals surface area contributed by atoms with Crippen molar-refractivity contribution in [2.24, 2.45) is 5.73 Å². The van der Waals surface area contributed by atoms with E-state index < -0.39 is 0 Å². The van der Waals surface area contributed by atoms with Gasteiger partial charge in [0.2, 0.25) is 0 Å². The third kappa shape index (κ3) is 2.79. The Balaban J connectivity index is 1.81. The molecular formula is C18H21N3O. The number of nitrogens with zero attached hydrogens (tertiary/aromatic N) is 2. The molecule has 1 aliphatic rings. The van der Waals surface area contributed by atoms with Gasteiger partial charge in [-0.05, 0) is 25.3 Å². The molecule has 1 aliphatic carbocycles. The maximum absolute atomic E-state index is 11.5. The Labute approximate surface area is 130 Å². The minimum Gasteiger partial charge on any atom is -0.324 e. The van der Waals surface area contributed by atoms with Gasteiger partial charge >= 0.3 is 0 Å². The maximum Gasteiger partial charge on any atom is 0.179 e. The molecule has 0 bridgehead atoms. The van der Waals surface area contributed by atoms with E-state index in [-0.39, 0.29) is 17.7 Å². The summed E-state index contributed by atoms with van der Waals surface area (Å²) >= 11 is 0. The number of aryl methyl sites for hydroxylation is 1. The van der Waals surface area contributed by atoms with Crippen LogP contribution in [0, 0.1) is 6.92 Å². The quantitative estimate of drug-likeness (QED) is 0.861. The van der Waals surface area contributed by atoms with Crippen LogP contribution in [0.2, 0.25) is 0 Å². The average Bonchev–Trinajstić information content (AvgIpc) is 2.52. The van der Waals surface area contributed by atoms with Gasteiger partial charge in [-0.25, -0.2) is 9.97 Å². The lowest BCUT2D eigenvalue weighted by Crippen LogP contribution is -2.37. The summed E-state index contributed by atoms with van der Waals surface area (Å²) in [5, 5.41) is 0. The second-order valence-electron chi connectivity index (χ2n) is 6.19. The molecule has 4 nitrogen and oxygen atoms in total. The number of carbonyl (C=O) groups is 1. The molecule has 0 aliphatic heterocycles. The Morgan fingerprint density at radius 1 is 1.18 bits per heavy atom. The zero-order valence-corrected chi connectivity index (χ0v) is 12.9. The minimum absolute atomic E-state index is 0.00396.